The van der Waals surface area contributed by atoms with Crippen molar-refractivity contribution in [2.75, 3.05) is 6.54 Å². The molecule has 2 rings (SSSR count). The Morgan fingerprint density at radius 3 is 2.60 bits per heavy atom. The van der Waals surface area contributed by atoms with Gasteiger partial charge in [-0.25, -0.2) is 0 Å². The molecule has 2 aliphatic rings. The lowest BCUT2D eigenvalue weighted by Crippen LogP contribution is -2.43. The molecule has 3 heteroatoms. The average molecular weight is 280 g/mol. The number of carbonyl (C=O) groups is 1. The Morgan fingerprint density at radius 1 is 1.15 bits per heavy atom. The van der Waals surface area contributed by atoms with E-state index in [1.54, 1.807) is 0 Å². The Balaban J connectivity index is 1.78. The number of hydrogen-bond donors (Lipinski definition) is 2. The van der Waals surface area contributed by atoms with Gasteiger partial charge in [0.25, 0.3) is 0 Å². The Bertz CT molecular complexity index is 297. The van der Waals surface area contributed by atoms with Crippen molar-refractivity contribution in [3.63, 3.8) is 0 Å². The zero-order valence-corrected chi connectivity index (χ0v) is 13.1. The van der Waals surface area contributed by atoms with E-state index < -0.39 is 0 Å². The van der Waals surface area contributed by atoms with Crippen LogP contribution in [-0.2, 0) is 4.79 Å². The van der Waals surface area contributed by atoms with Crippen LogP contribution >= 0.6 is 0 Å². The second-order valence-electron chi connectivity index (χ2n) is 7.00. The van der Waals surface area contributed by atoms with Gasteiger partial charge in [-0.2, -0.15) is 0 Å². The predicted molar refractivity (Wildman–Crippen MR) is 83.3 cm³/mol. The summed E-state index contributed by atoms with van der Waals surface area (Å²) in [7, 11) is 0. The van der Waals surface area contributed by atoms with Crippen molar-refractivity contribution in [1.29, 1.82) is 0 Å². The minimum atomic E-state index is 0.242. The Hall–Kier alpha value is -0.570. The van der Waals surface area contributed by atoms with E-state index in [4.69, 9.17) is 5.73 Å². The lowest BCUT2D eigenvalue weighted by molar-refractivity contribution is -0.127. The van der Waals surface area contributed by atoms with Gasteiger partial charge >= 0.3 is 0 Å². The van der Waals surface area contributed by atoms with E-state index in [1.807, 2.05) is 0 Å². The fourth-order valence-electron chi connectivity index (χ4n) is 4.12. The third kappa shape index (κ3) is 4.47. The molecular formula is C17H32N2O. The molecule has 0 aromatic carbocycles. The van der Waals surface area contributed by atoms with Gasteiger partial charge < -0.3 is 11.1 Å². The van der Waals surface area contributed by atoms with E-state index in [9.17, 15) is 4.79 Å². The van der Waals surface area contributed by atoms with Gasteiger partial charge in [0.15, 0.2) is 0 Å². The van der Waals surface area contributed by atoms with Gasteiger partial charge in [0.1, 0.15) is 0 Å². The molecule has 20 heavy (non-hydrogen) atoms. The summed E-state index contributed by atoms with van der Waals surface area (Å²) < 4.78 is 0. The van der Waals surface area contributed by atoms with Crippen molar-refractivity contribution >= 4 is 5.91 Å². The summed E-state index contributed by atoms with van der Waals surface area (Å²) in [6.07, 6.45) is 12.3. The Labute approximate surface area is 124 Å². The van der Waals surface area contributed by atoms with Crippen molar-refractivity contribution in [3.05, 3.63) is 0 Å². The number of hydrogen-bond acceptors (Lipinski definition) is 2. The first-order valence-electron chi connectivity index (χ1n) is 8.71. The van der Waals surface area contributed by atoms with Gasteiger partial charge in [0.05, 0.1) is 0 Å². The van der Waals surface area contributed by atoms with Crippen LogP contribution in [-0.4, -0.2) is 18.5 Å². The first-order chi connectivity index (χ1) is 9.70. The topological polar surface area (TPSA) is 55.1 Å². The lowest BCUT2D eigenvalue weighted by Gasteiger charge is -2.32. The van der Waals surface area contributed by atoms with E-state index in [0.717, 1.165) is 25.8 Å². The van der Waals surface area contributed by atoms with Gasteiger partial charge in [-0.3, -0.25) is 4.79 Å². The van der Waals surface area contributed by atoms with E-state index in [0.29, 0.717) is 23.8 Å². The van der Waals surface area contributed by atoms with Crippen molar-refractivity contribution in [2.24, 2.45) is 23.5 Å². The van der Waals surface area contributed by atoms with E-state index in [1.165, 1.54) is 44.9 Å². The molecule has 3 unspecified atom stereocenters. The molecule has 1 amide bonds. The molecule has 2 fully saturated rings. The third-order valence-corrected chi connectivity index (χ3v) is 5.46. The summed E-state index contributed by atoms with van der Waals surface area (Å²) >= 11 is 0. The minimum Gasteiger partial charge on any atom is -0.353 e. The fraction of sp³-hybridized carbons (Fsp3) is 0.941. The highest BCUT2D eigenvalue weighted by Gasteiger charge is 2.29. The largest absolute Gasteiger partial charge is 0.353 e. The van der Waals surface area contributed by atoms with Crippen LogP contribution in [0.4, 0.5) is 0 Å². The standard InChI is InChI=1S/C17H32N2O/c1-13(15-7-3-2-4-8-15)19-17(20)16-9-5-6-14(12-16)10-11-18/h13-16H,2-12,18H2,1H3,(H,19,20). The van der Waals surface area contributed by atoms with Crippen LogP contribution in [0.3, 0.4) is 0 Å². The summed E-state index contributed by atoms with van der Waals surface area (Å²) in [4.78, 5) is 12.5. The average Bonchev–Trinajstić information content (AvgIpc) is 2.48. The molecule has 2 saturated carbocycles. The van der Waals surface area contributed by atoms with Gasteiger partial charge in [-0.15, -0.1) is 0 Å². The SMILES string of the molecule is CC(NC(=O)C1CCCC(CCN)C1)C1CCCCC1. The molecular weight excluding hydrogens is 248 g/mol. The number of amides is 1. The minimum absolute atomic E-state index is 0.242. The third-order valence-electron chi connectivity index (χ3n) is 5.46. The van der Waals surface area contributed by atoms with Crippen LogP contribution in [0.1, 0.15) is 71.1 Å². The molecule has 0 heterocycles. The van der Waals surface area contributed by atoms with Gasteiger partial charge in [-0.1, -0.05) is 32.1 Å². The van der Waals surface area contributed by atoms with Gasteiger partial charge in [0, 0.05) is 12.0 Å². The fourth-order valence-corrected chi connectivity index (χ4v) is 4.12. The van der Waals surface area contributed by atoms with Gasteiger partial charge in [0.2, 0.25) is 5.91 Å². The first kappa shape index (κ1) is 15.8. The molecule has 3 atom stereocenters. The summed E-state index contributed by atoms with van der Waals surface area (Å²) in [5.41, 5.74) is 5.66. The van der Waals surface area contributed by atoms with Crippen LogP contribution in [0, 0.1) is 17.8 Å². The summed E-state index contributed by atoms with van der Waals surface area (Å²) in [6, 6.07) is 0.359. The zero-order chi connectivity index (χ0) is 14.4. The number of nitrogens with two attached hydrogens (primary N) is 1. The first-order valence-corrected chi connectivity index (χ1v) is 8.71. The maximum absolute atomic E-state index is 12.5. The lowest BCUT2D eigenvalue weighted by atomic mass is 9.79. The molecule has 116 valence electrons. The van der Waals surface area contributed by atoms with Crippen LogP contribution in [0.5, 0.6) is 0 Å². The predicted octanol–water partition coefficient (Wildman–Crippen LogP) is 3.23. The van der Waals surface area contributed by atoms with Crippen molar-refractivity contribution in [3.8, 4) is 0 Å². The molecule has 3 N–H and O–H groups in total. The van der Waals surface area contributed by atoms with Crippen molar-refractivity contribution in [1.82, 2.24) is 5.32 Å². The molecule has 0 aliphatic heterocycles. The van der Waals surface area contributed by atoms with Crippen LogP contribution in [0.2, 0.25) is 0 Å². The van der Waals surface area contributed by atoms with E-state index in [-0.39, 0.29) is 5.92 Å². The molecule has 0 radical (unpaired) electrons. The number of nitrogens with one attached hydrogen (secondary N) is 1. The van der Waals surface area contributed by atoms with E-state index in [2.05, 4.69) is 12.2 Å². The van der Waals surface area contributed by atoms with Crippen molar-refractivity contribution < 1.29 is 4.79 Å². The molecule has 3 nitrogen and oxygen atoms in total. The molecule has 0 aromatic rings. The zero-order valence-electron chi connectivity index (χ0n) is 13.1. The second-order valence-corrected chi connectivity index (χ2v) is 7.00. The van der Waals surface area contributed by atoms with E-state index >= 15 is 0 Å². The summed E-state index contributed by atoms with van der Waals surface area (Å²) in [5.74, 6) is 1.93. The van der Waals surface area contributed by atoms with Gasteiger partial charge in [-0.05, 0) is 57.4 Å². The smallest absolute Gasteiger partial charge is 0.223 e. The maximum atomic E-state index is 12.5. The molecule has 0 saturated heterocycles. The summed E-state index contributed by atoms with van der Waals surface area (Å²) in [5, 5.41) is 3.31. The second kappa shape index (κ2) is 8.02. The van der Waals surface area contributed by atoms with Crippen molar-refractivity contribution in [2.45, 2.75) is 77.2 Å². The highest BCUT2D eigenvalue weighted by molar-refractivity contribution is 5.79. The monoisotopic (exact) mass is 280 g/mol. The Morgan fingerprint density at radius 2 is 1.90 bits per heavy atom. The van der Waals surface area contributed by atoms with Crippen LogP contribution in [0.15, 0.2) is 0 Å². The Kier molecular flexibility index (Phi) is 6.34. The number of rotatable bonds is 5. The summed E-state index contributed by atoms with van der Waals surface area (Å²) in [6.45, 7) is 2.96. The highest BCUT2D eigenvalue weighted by atomic mass is 16.1. The normalized spacial score (nSPS) is 29.9. The maximum Gasteiger partial charge on any atom is 0.223 e. The molecule has 2 aliphatic carbocycles. The molecule has 0 spiro atoms. The highest BCUT2D eigenvalue weighted by Crippen LogP contribution is 2.32. The van der Waals surface area contributed by atoms with Crippen LogP contribution < -0.4 is 11.1 Å². The molecule has 0 bridgehead atoms. The van der Waals surface area contributed by atoms with Crippen LogP contribution in [0.25, 0.3) is 0 Å². The number of carbonyl (C=O) groups excluding carboxylic acids is 1. The molecule has 0 aromatic heterocycles. The quantitative estimate of drug-likeness (QED) is 0.812.